The third-order valence-corrected chi connectivity index (χ3v) is 6.92. The van der Waals surface area contributed by atoms with E-state index >= 15 is 0 Å². The predicted molar refractivity (Wildman–Crippen MR) is 164 cm³/mol. The van der Waals surface area contributed by atoms with Crippen LogP contribution in [0, 0.1) is 6.07 Å². The first-order valence-electron chi connectivity index (χ1n) is 13.5. The van der Waals surface area contributed by atoms with Gasteiger partial charge in [-0.2, -0.15) is 0 Å². The summed E-state index contributed by atoms with van der Waals surface area (Å²) in [6, 6.07) is 36.5. The summed E-state index contributed by atoms with van der Waals surface area (Å²) in [5.74, 6) is 0. The van der Waals surface area contributed by atoms with E-state index < -0.39 is 0 Å². The van der Waals surface area contributed by atoms with Crippen molar-refractivity contribution < 1.29 is 21.1 Å². The van der Waals surface area contributed by atoms with Crippen LogP contribution in [0.3, 0.4) is 0 Å². The van der Waals surface area contributed by atoms with E-state index in [2.05, 4.69) is 101 Å². The molecule has 0 amide bonds. The molecule has 0 aliphatic carbocycles. The van der Waals surface area contributed by atoms with Crippen LogP contribution in [0.1, 0.15) is 52.7 Å². The maximum absolute atomic E-state index is 5.25. The van der Waals surface area contributed by atoms with Crippen molar-refractivity contribution in [2.45, 2.75) is 52.4 Å². The number of rotatable bonds is 5. The van der Waals surface area contributed by atoms with Crippen molar-refractivity contribution in [2.24, 2.45) is 0 Å². The van der Waals surface area contributed by atoms with E-state index in [1.54, 1.807) is 0 Å². The van der Waals surface area contributed by atoms with Crippen LogP contribution in [0.2, 0.25) is 0 Å². The Bertz CT molecular complexity index is 1580. The van der Waals surface area contributed by atoms with E-state index in [9.17, 15) is 0 Å². The summed E-state index contributed by atoms with van der Waals surface area (Å²) in [5, 5.41) is 5.25. The zero-order chi connectivity index (χ0) is 27.6. The first-order valence-corrected chi connectivity index (χ1v) is 13.5. The van der Waals surface area contributed by atoms with E-state index in [4.69, 9.17) is 10.3 Å². The monoisotopic (exact) mass is 704 g/mol. The van der Waals surface area contributed by atoms with Gasteiger partial charge < -0.3 is 5.32 Å². The second kappa shape index (κ2) is 11.9. The Morgan fingerprint density at radius 2 is 1.18 bits per heavy atom. The van der Waals surface area contributed by atoms with Gasteiger partial charge in [0.05, 0.1) is 11.4 Å². The molecule has 0 aliphatic rings. The molecule has 0 radical (unpaired) electrons. The summed E-state index contributed by atoms with van der Waals surface area (Å²) in [5.41, 5.74) is 9.96. The first-order chi connectivity index (χ1) is 18.6. The molecular weight excluding hydrogens is 669 g/mol. The van der Waals surface area contributed by atoms with Crippen LogP contribution < -0.4 is 0 Å². The van der Waals surface area contributed by atoms with Gasteiger partial charge in [0.15, 0.2) is 0 Å². The number of hydrogen-bond donors (Lipinski definition) is 0. The third-order valence-electron chi connectivity index (χ3n) is 6.92. The van der Waals surface area contributed by atoms with Crippen molar-refractivity contribution in [1.82, 2.24) is 9.97 Å². The average molecular weight is 705 g/mol. The fourth-order valence-electron chi connectivity index (χ4n) is 4.55. The standard InChI is InChI=1S/C36H35N3.Pt/c1-35(2,3)26-18-20-33(28(23-26)31-15-10-11-22-37-31)39-34-21-19-27(36(4,5)6)24-29(34)32-17-12-16-30(38-32)25-13-8-7-9-14-25;/h7-13,15-24H,1-6H3;/q-2;+2. The fourth-order valence-corrected chi connectivity index (χ4v) is 4.55. The van der Waals surface area contributed by atoms with E-state index in [-0.39, 0.29) is 31.9 Å². The third kappa shape index (κ3) is 6.59. The largest absolute Gasteiger partial charge is 2.00 e. The van der Waals surface area contributed by atoms with E-state index in [0.29, 0.717) is 0 Å². The molecule has 0 saturated heterocycles. The fraction of sp³-hybridized carbons (Fsp3) is 0.222. The molecule has 0 saturated carbocycles. The van der Waals surface area contributed by atoms with Crippen LogP contribution in [-0.2, 0) is 31.9 Å². The van der Waals surface area contributed by atoms with Gasteiger partial charge in [-0.05, 0) is 57.0 Å². The molecule has 0 bridgehead atoms. The van der Waals surface area contributed by atoms with Crippen molar-refractivity contribution >= 4 is 11.4 Å². The minimum atomic E-state index is -0.00836. The summed E-state index contributed by atoms with van der Waals surface area (Å²) < 4.78 is 0. The molecule has 0 unspecified atom stereocenters. The number of nitrogens with zero attached hydrogens (tertiary/aromatic N) is 3. The molecule has 0 spiro atoms. The SMILES string of the molecule is CC(C)(C)c1ccc([N-]c2ccc(C(C)(C)C)cc2-c2cccc(-c3[c-]cccc3)n2)c(-c2ccccn2)c1.[Pt+2]. The zero-order valence-corrected chi connectivity index (χ0v) is 26.2. The van der Waals surface area contributed by atoms with Gasteiger partial charge >= 0.3 is 21.1 Å². The van der Waals surface area contributed by atoms with Gasteiger partial charge in [0.1, 0.15) is 0 Å². The number of aromatic nitrogens is 2. The van der Waals surface area contributed by atoms with Gasteiger partial charge in [-0.25, -0.2) is 0 Å². The second-order valence-electron chi connectivity index (χ2n) is 12.0. The van der Waals surface area contributed by atoms with Crippen molar-refractivity contribution in [1.29, 1.82) is 0 Å². The van der Waals surface area contributed by atoms with Crippen LogP contribution in [0.15, 0.2) is 103 Å². The summed E-state index contributed by atoms with van der Waals surface area (Å²) in [4.78, 5) is 9.73. The molecule has 2 aromatic heterocycles. The average Bonchev–Trinajstić information content (AvgIpc) is 2.93. The Morgan fingerprint density at radius 3 is 1.73 bits per heavy atom. The molecule has 204 valence electrons. The van der Waals surface area contributed by atoms with Crippen LogP contribution >= 0.6 is 0 Å². The van der Waals surface area contributed by atoms with Crippen molar-refractivity contribution in [3.8, 4) is 33.8 Å². The van der Waals surface area contributed by atoms with Crippen LogP contribution in [0.5, 0.6) is 0 Å². The van der Waals surface area contributed by atoms with E-state index in [1.807, 2.05) is 54.7 Å². The van der Waals surface area contributed by atoms with Crippen molar-refractivity contribution in [3.05, 3.63) is 126 Å². The Morgan fingerprint density at radius 1 is 0.600 bits per heavy atom. The minimum absolute atomic E-state index is 0. The summed E-state index contributed by atoms with van der Waals surface area (Å²) in [6.07, 6.45) is 1.84. The molecule has 4 heteroatoms. The van der Waals surface area contributed by atoms with Crippen molar-refractivity contribution in [2.75, 3.05) is 0 Å². The molecule has 5 rings (SSSR count). The molecule has 5 aromatic rings. The molecule has 3 nitrogen and oxygen atoms in total. The van der Waals surface area contributed by atoms with Gasteiger partial charge in [-0.3, -0.25) is 9.97 Å². The van der Waals surface area contributed by atoms with Gasteiger partial charge in [0.2, 0.25) is 0 Å². The quantitative estimate of drug-likeness (QED) is 0.171. The summed E-state index contributed by atoms with van der Waals surface area (Å²) >= 11 is 0. The Balaban J connectivity index is 0.00000370. The maximum Gasteiger partial charge on any atom is 2.00 e. The van der Waals surface area contributed by atoms with Crippen LogP contribution in [0.4, 0.5) is 11.4 Å². The van der Waals surface area contributed by atoms with Crippen LogP contribution in [-0.4, -0.2) is 9.97 Å². The van der Waals surface area contributed by atoms with Gasteiger partial charge in [-0.1, -0.05) is 96.1 Å². The Labute approximate surface area is 253 Å². The number of benzene rings is 3. The van der Waals surface area contributed by atoms with Crippen LogP contribution in [0.25, 0.3) is 39.1 Å². The van der Waals surface area contributed by atoms with E-state index in [1.165, 1.54) is 11.1 Å². The normalized spacial score (nSPS) is 11.6. The van der Waals surface area contributed by atoms with E-state index in [0.717, 1.165) is 45.1 Å². The van der Waals surface area contributed by atoms with Gasteiger partial charge in [0.25, 0.3) is 0 Å². The predicted octanol–water partition coefficient (Wildman–Crippen LogP) is 10.2. The number of pyridine rings is 2. The summed E-state index contributed by atoms with van der Waals surface area (Å²) in [7, 11) is 0. The number of hydrogen-bond acceptors (Lipinski definition) is 2. The molecule has 2 heterocycles. The Hall–Kier alpha value is -3.55. The summed E-state index contributed by atoms with van der Waals surface area (Å²) in [6.45, 7) is 13.4. The molecule has 0 aliphatic heterocycles. The molecule has 0 fully saturated rings. The molecular formula is C36H35N3Pt. The smallest absolute Gasteiger partial charge is 0.657 e. The molecule has 40 heavy (non-hydrogen) atoms. The molecule has 0 N–H and O–H groups in total. The second-order valence-corrected chi connectivity index (χ2v) is 12.0. The first kappa shape index (κ1) is 29.4. The Kier molecular flexibility index (Phi) is 8.76. The van der Waals surface area contributed by atoms with Crippen molar-refractivity contribution in [3.63, 3.8) is 0 Å². The molecule has 3 aromatic carbocycles. The van der Waals surface area contributed by atoms with Gasteiger partial charge in [0, 0.05) is 6.20 Å². The maximum atomic E-state index is 5.25. The topological polar surface area (TPSA) is 39.9 Å². The van der Waals surface area contributed by atoms with Gasteiger partial charge in [-0.15, -0.1) is 47.3 Å². The molecule has 0 atom stereocenters. The minimum Gasteiger partial charge on any atom is -0.657 e. The zero-order valence-electron chi connectivity index (χ0n) is 24.0.